The minimum atomic E-state index is -3.19. The number of rotatable bonds is 2. The van der Waals surface area contributed by atoms with Crippen molar-refractivity contribution < 1.29 is 8.42 Å². The standard InChI is InChI=1S/C14H19N3O2S/c1-14(7-3-4-8-15-14)13-16-11-6-5-10(20(2,18)19)9-12(11)17-13/h5-6,9,15H,3-4,7-8H2,1-2H3,(H,16,17). The van der Waals surface area contributed by atoms with Crippen molar-refractivity contribution in [1.29, 1.82) is 0 Å². The fraction of sp³-hybridized carbons (Fsp3) is 0.500. The van der Waals surface area contributed by atoms with Crippen molar-refractivity contribution >= 4 is 20.9 Å². The molecule has 1 unspecified atom stereocenters. The van der Waals surface area contributed by atoms with Gasteiger partial charge in [-0.15, -0.1) is 0 Å². The predicted molar refractivity (Wildman–Crippen MR) is 78.4 cm³/mol. The maximum Gasteiger partial charge on any atom is 0.175 e. The summed E-state index contributed by atoms with van der Waals surface area (Å²) in [6.45, 7) is 3.13. The molecule has 1 aromatic carbocycles. The average Bonchev–Trinajstić information content (AvgIpc) is 2.82. The molecule has 1 aromatic heterocycles. The molecule has 0 spiro atoms. The normalized spacial score (nSPS) is 24.1. The number of aromatic nitrogens is 2. The number of fused-ring (bicyclic) bond motifs is 1. The summed E-state index contributed by atoms with van der Waals surface area (Å²) in [6, 6.07) is 5.03. The van der Waals surface area contributed by atoms with Crippen LogP contribution in [-0.2, 0) is 15.4 Å². The Morgan fingerprint density at radius 1 is 1.30 bits per heavy atom. The van der Waals surface area contributed by atoms with E-state index in [1.54, 1.807) is 18.2 Å². The first-order chi connectivity index (χ1) is 9.38. The zero-order valence-corrected chi connectivity index (χ0v) is 12.5. The van der Waals surface area contributed by atoms with Crippen molar-refractivity contribution in [1.82, 2.24) is 15.3 Å². The van der Waals surface area contributed by atoms with E-state index in [0.29, 0.717) is 4.90 Å². The summed E-state index contributed by atoms with van der Waals surface area (Å²) < 4.78 is 23.2. The number of nitrogens with one attached hydrogen (secondary N) is 2. The van der Waals surface area contributed by atoms with Gasteiger partial charge in [0.25, 0.3) is 0 Å². The third-order valence-corrected chi connectivity index (χ3v) is 5.13. The van der Waals surface area contributed by atoms with Crippen LogP contribution < -0.4 is 5.32 Å². The third-order valence-electron chi connectivity index (χ3n) is 4.02. The van der Waals surface area contributed by atoms with Gasteiger partial charge in [-0.05, 0) is 50.9 Å². The Morgan fingerprint density at radius 3 is 2.75 bits per heavy atom. The lowest BCUT2D eigenvalue weighted by Gasteiger charge is -2.33. The molecular weight excluding hydrogens is 274 g/mol. The van der Waals surface area contributed by atoms with Crippen LogP contribution in [0.1, 0.15) is 32.0 Å². The highest BCUT2D eigenvalue weighted by Crippen LogP contribution is 2.29. The maximum absolute atomic E-state index is 11.6. The van der Waals surface area contributed by atoms with Crippen LogP contribution in [0.2, 0.25) is 0 Å². The highest BCUT2D eigenvalue weighted by atomic mass is 32.2. The molecule has 0 radical (unpaired) electrons. The van der Waals surface area contributed by atoms with Crippen molar-refractivity contribution in [2.45, 2.75) is 36.6 Å². The zero-order valence-electron chi connectivity index (χ0n) is 11.7. The van der Waals surface area contributed by atoms with Gasteiger partial charge in [0.1, 0.15) is 5.82 Å². The molecule has 0 bridgehead atoms. The quantitative estimate of drug-likeness (QED) is 0.887. The molecule has 3 rings (SSSR count). The molecule has 1 aliphatic rings. The Labute approximate surface area is 118 Å². The Balaban J connectivity index is 2.07. The molecule has 2 aromatic rings. The average molecular weight is 293 g/mol. The highest BCUT2D eigenvalue weighted by Gasteiger charge is 2.31. The van der Waals surface area contributed by atoms with Gasteiger partial charge in [-0.2, -0.15) is 0 Å². The second-order valence-corrected chi connectivity index (χ2v) is 7.77. The van der Waals surface area contributed by atoms with Crippen LogP contribution >= 0.6 is 0 Å². The number of H-pyrrole nitrogens is 1. The largest absolute Gasteiger partial charge is 0.340 e. The highest BCUT2D eigenvalue weighted by molar-refractivity contribution is 7.90. The molecule has 0 saturated carbocycles. The van der Waals surface area contributed by atoms with Gasteiger partial charge in [-0.3, -0.25) is 0 Å². The van der Waals surface area contributed by atoms with Crippen LogP contribution in [0.25, 0.3) is 11.0 Å². The fourth-order valence-electron chi connectivity index (χ4n) is 2.74. The predicted octanol–water partition coefficient (Wildman–Crippen LogP) is 1.96. The van der Waals surface area contributed by atoms with Gasteiger partial charge in [0.2, 0.25) is 0 Å². The van der Waals surface area contributed by atoms with Crippen LogP contribution in [0, 0.1) is 0 Å². The lowest BCUT2D eigenvalue weighted by Crippen LogP contribution is -2.44. The van der Waals surface area contributed by atoms with Crippen LogP contribution in [0.4, 0.5) is 0 Å². The van der Waals surface area contributed by atoms with E-state index < -0.39 is 9.84 Å². The molecule has 1 aliphatic heterocycles. The van der Waals surface area contributed by atoms with E-state index in [1.165, 1.54) is 19.1 Å². The number of piperidine rings is 1. The Morgan fingerprint density at radius 2 is 2.10 bits per heavy atom. The summed E-state index contributed by atoms with van der Waals surface area (Å²) in [6.07, 6.45) is 4.62. The summed E-state index contributed by atoms with van der Waals surface area (Å²) in [5.74, 6) is 0.887. The fourth-order valence-corrected chi connectivity index (χ4v) is 3.39. The Kier molecular flexibility index (Phi) is 3.10. The molecule has 0 amide bonds. The molecule has 2 N–H and O–H groups in total. The topological polar surface area (TPSA) is 74.8 Å². The number of nitrogens with zero attached hydrogens (tertiary/aromatic N) is 1. The van der Waals surface area contributed by atoms with Crippen LogP contribution in [-0.4, -0.2) is 31.2 Å². The number of hydrogen-bond donors (Lipinski definition) is 2. The molecule has 0 aliphatic carbocycles. The second kappa shape index (κ2) is 4.56. The molecule has 1 fully saturated rings. The smallest absolute Gasteiger partial charge is 0.175 e. The van der Waals surface area contributed by atoms with E-state index in [0.717, 1.165) is 29.8 Å². The van der Waals surface area contributed by atoms with Crippen LogP contribution in [0.5, 0.6) is 0 Å². The van der Waals surface area contributed by atoms with E-state index in [1.807, 2.05) is 0 Å². The number of imidazole rings is 1. The van der Waals surface area contributed by atoms with Gasteiger partial charge in [0, 0.05) is 6.26 Å². The van der Waals surface area contributed by atoms with Gasteiger partial charge >= 0.3 is 0 Å². The Bertz CT molecular complexity index is 743. The SMILES string of the molecule is CC1(c2nc3ccc(S(C)(=O)=O)cc3[nH]2)CCCCN1. The van der Waals surface area contributed by atoms with Gasteiger partial charge in [0.05, 0.1) is 21.5 Å². The first-order valence-electron chi connectivity index (χ1n) is 6.84. The van der Waals surface area contributed by atoms with Crippen molar-refractivity contribution in [3.05, 3.63) is 24.0 Å². The minimum absolute atomic E-state index is 0.150. The van der Waals surface area contributed by atoms with E-state index in [-0.39, 0.29) is 5.54 Å². The van der Waals surface area contributed by atoms with Gasteiger partial charge in [-0.25, -0.2) is 13.4 Å². The second-order valence-electron chi connectivity index (χ2n) is 5.75. The molecule has 1 atom stereocenters. The number of sulfone groups is 1. The van der Waals surface area contributed by atoms with Crippen molar-refractivity contribution in [2.24, 2.45) is 0 Å². The molecule has 108 valence electrons. The third kappa shape index (κ3) is 2.33. The van der Waals surface area contributed by atoms with Crippen LogP contribution in [0.15, 0.2) is 23.1 Å². The van der Waals surface area contributed by atoms with Crippen LogP contribution in [0.3, 0.4) is 0 Å². The summed E-state index contributed by atoms with van der Waals surface area (Å²) in [7, 11) is -3.19. The van der Waals surface area contributed by atoms with E-state index in [4.69, 9.17) is 0 Å². The summed E-state index contributed by atoms with van der Waals surface area (Å²) >= 11 is 0. The number of benzene rings is 1. The van der Waals surface area contributed by atoms with Crippen molar-refractivity contribution in [2.75, 3.05) is 12.8 Å². The summed E-state index contributed by atoms with van der Waals surface area (Å²) in [5, 5.41) is 3.51. The monoisotopic (exact) mass is 293 g/mol. The van der Waals surface area contributed by atoms with Crippen molar-refractivity contribution in [3.63, 3.8) is 0 Å². The molecule has 5 nitrogen and oxygen atoms in total. The van der Waals surface area contributed by atoms with E-state index in [2.05, 4.69) is 22.2 Å². The molecule has 1 saturated heterocycles. The van der Waals surface area contributed by atoms with Crippen molar-refractivity contribution in [3.8, 4) is 0 Å². The lowest BCUT2D eigenvalue weighted by atomic mass is 9.90. The van der Waals surface area contributed by atoms with Gasteiger partial charge in [0.15, 0.2) is 9.84 Å². The lowest BCUT2D eigenvalue weighted by molar-refractivity contribution is 0.271. The molecule has 6 heteroatoms. The molecular formula is C14H19N3O2S. The van der Waals surface area contributed by atoms with E-state index in [9.17, 15) is 8.42 Å². The minimum Gasteiger partial charge on any atom is -0.340 e. The summed E-state index contributed by atoms with van der Waals surface area (Å²) in [4.78, 5) is 8.22. The maximum atomic E-state index is 11.6. The van der Waals surface area contributed by atoms with Gasteiger partial charge < -0.3 is 10.3 Å². The zero-order chi connectivity index (χ0) is 14.4. The first kappa shape index (κ1) is 13.6. The Hall–Kier alpha value is -1.40. The van der Waals surface area contributed by atoms with E-state index >= 15 is 0 Å². The number of aromatic amines is 1. The first-order valence-corrected chi connectivity index (χ1v) is 8.73. The summed E-state index contributed by atoms with van der Waals surface area (Å²) in [5.41, 5.74) is 1.43. The molecule has 2 heterocycles. The number of hydrogen-bond acceptors (Lipinski definition) is 4. The van der Waals surface area contributed by atoms with Gasteiger partial charge in [-0.1, -0.05) is 0 Å². The molecule has 20 heavy (non-hydrogen) atoms.